The van der Waals surface area contributed by atoms with Gasteiger partial charge in [-0.25, -0.2) is 4.39 Å². The Hall–Kier alpha value is -2.07. The third kappa shape index (κ3) is 2.47. The summed E-state index contributed by atoms with van der Waals surface area (Å²) in [5.74, 6) is 0.0319. The monoisotopic (exact) mass is 286 g/mol. The number of hydrogen-bond donors (Lipinski definition) is 2. The molecule has 0 saturated heterocycles. The molecule has 2 N–H and O–H groups in total. The highest BCUT2D eigenvalue weighted by atomic mass is 19.1. The Labute approximate surface area is 124 Å². The summed E-state index contributed by atoms with van der Waals surface area (Å²) in [6.45, 7) is 2.80. The van der Waals surface area contributed by atoms with Crippen LogP contribution >= 0.6 is 0 Å². The second-order valence-corrected chi connectivity index (χ2v) is 5.43. The van der Waals surface area contributed by atoms with E-state index in [0.717, 1.165) is 35.5 Å². The SMILES string of the molecule is CNC(C)c1ccc(N2CCc3ccc(F)cc32)cc1O. The van der Waals surface area contributed by atoms with Crippen LogP contribution in [0.25, 0.3) is 0 Å². The number of hydrogen-bond acceptors (Lipinski definition) is 3. The van der Waals surface area contributed by atoms with E-state index in [0.29, 0.717) is 0 Å². The summed E-state index contributed by atoms with van der Waals surface area (Å²) in [6.07, 6.45) is 0.894. The van der Waals surface area contributed by atoms with Gasteiger partial charge in [0.05, 0.1) is 0 Å². The molecule has 0 fully saturated rings. The number of phenolic OH excluding ortho intramolecular Hbond substituents is 1. The first-order valence-electron chi connectivity index (χ1n) is 7.16. The predicted octanol–water partition coefficient (Wildman–Crippen LogP) is 3.51. The molecule has 1 aliphatic rings. The number of aromatic hydroxyl groups is 1. The van der Waals surface area contributed by atoms with Crippen LogP contribution in [0.15, 0.2) is 36.4 Å². The van der Waals surface area contributed by atoms with Gasteiger partial charge in [-0.1, -0.05) is 12.1 Å². The Bertz CT molecular complexity index is 672. The summed E-state index contributed by atoms with van der Waals surface area (Å²) in [5.41, 5.74) is 3.79. The van der Waals surface area contributed by atoms with Crippen molar-refractivity contribution in [1.82, 2.24) is 5.32 Å². The second kappa shape index (κ2) is 5.37. The number of rotatable bonds is 3. The van der Waals surface area contributed by atoms with Gasteiger partial charge in [-0.2, -0.15) is 0 Å². The number of fused-ring (bicyclic) bond motifs is 1. The van der Waals surface area contributed by atoms with Crippen molar-refractivity contribution < 1.29 is 9.50 Å². The molecule has 0 aliphatic carbocycles. The van der Waals surface area contributed by atoms with Crippen molar-refractivity contribution in [3.05, 3.63) is 53.3 Å². The molecule has 0 saturated carbocycles. The van der Waals surface area contributed by atoms with Crippen molar-refractivity contribution in [2.75, 3.05) is 18.5 Å². The molecule has 1 aliphatic heterocycles. The van der Waals surface area contributed by atoms with E-state index in [4.69, 9.17) is 0 Å². The minimum atomic E-state index is -0.231. The summed E-state index contributed by atoms with van der Waals surface area (Å²) in [5, 5.41) is 13.3. The van der Waals surface area contributed by atoms with Gasteiger partial charge in [-0.05, 0) is 44.2 Å². The normalized spacial score (nSPS) is 15.1. The van der Waals surface area contributed by atoms with Crippen LogP contribution in [0, 0.1) is 5.82 Å². The van der Waals surface area contributed by atoms with Crippen molar-refractivity contribution >= 4 is 11.4 Å². The molecule has 1 heterocycles. The topological polar surface area (TPSA) is 35.5 Å². The molecule has 1 atom stereocenters. The fourth-order valence-electron chi connectivity index (χ4n) is 2.84. The molecule has 2 aromatic carbocycles. The Kier molecular flexibility index (Phi) is 3.55. The Morgan fingerprint density at radius 3 is 2.76 bits per heavy atom. The lowest BCUT2D eigenvalue weighted by atomic mass is 10.1. The largest absolute Gasteiger partial charge is 0.508 e. The third-order valence-corrected chi connectivity index (χ3v) is 4.17. The van der Waals surface area contributed by atoms with Crippen LogP contribution in [-0.2, 0) is 6.42 Å². The Morgan fingerprint density at radius 1 is 1.24 bits per heavy atom. The van der Waals surface area contributed by atoms with Crippen LogP contribution in [0.2, 0.25) is 0 Å². The van der Waals surface area contributed by atoms with E-state index in [1.165, 1.54) is 6.07 Å². The van der Waals surface area contributed by atoms with Crippen molar-refractivity contribution in [2.45, 2.75) is 19.4 Å². The van der Waals surface area contributed by atoms with Crippen LogP contribution in [0.1, 0.15) is 24.1 Å². The van der Waals surface area contributed by atoms with E-state index < -0.39 is 0 Å². The summed E-state index contributed by atoms with van der Waals surface area (Å²) in [7, 11) is 1.86. The number of phenols is 1. The fourth-order valence-corrected chi connectivity index (χ4v) is 2.84. The van der Waals surface area contributed by atoms with Crippen LogP contribution in [0.4, 0.5) is 15.8 Å². The maximum atomic E-state index is 13.5. The van der Waals surface area contributed by atoms with E-state index in [1.807, 2.05) is 37.1 Å². The van der Waals surface area contributed by atoms with Gasteiger partial charge >= 0.3 is 0 Å². The molecule has 4 heteroatoms. The minimum absolute atomic E-state index is 0.0855. The highest BCUT2D eigenvalue weighted by Gasteiger charge is 2.22. The van der Waals surface area contributed by atoms with Gasteiger partial charge in [-0.15, -0.1) is 0 Å². The van der Waals surface area contributed by atoms with Crippen molar-refractivity contribution in [2.24, 2.45) is 0 Å². The van der Waals surface area contributed by atoms with Crippen LogP contribution < -0.4 is 10.2 Å². The zero-order chi connectivity index (χ0) is 15.0. The Morgan fingerprint density at radius 2 is 2.05 bits per heavy atom. The van der Waals surface area contributed by atoms with Gasteiger partial charge in [-0.3, -0.25) is 0 Å². The molecule has 110 valence electrons. The summed E-state index contributed by atoms with van der Waals surface area (Å²) >= 11 is 0. The number of halogens is 1. The molecule has 0 aromatic heterocycles. The van der Waals surface area contributed by atoms with E-state index in [1.54, 1.807) is 12.1 Å². The zero-order valence-electron chi connectivity index (χ0n) is 12.2. The van der Waals surface area contributed by atoms with Crippen molar-refractivity contribution in [3.63, 3.8) is 0 Å². The zero-order valence-corrected chi connectivity index (χ0v) is 12.2. The maximum absolute atomic E-state index is 13.5. The smallest absolute Gasteiger partial charge is 0.125 e. The lowest BCUT2D eigenvalue weighted by Crippen LogP contribution is -2.15. The maximum Gasteiger partial charge on any atom is 0.125 e. The first-order valence-corrected chi connectivity index (χ1v) is 7.16. The summed E-state index contributed by atoms with van der Waals surface area (Å²) in [4.78, 5) is 2.05. The molecule has 0 amide bonds. The van der Waals surface area contributed by atoms with Crippen LogP contribution in [0.3, 0.4) is 0 Å². The van der Waals surface area contributed by atoms with E-state index >= 15 is 0 Å². The van der Waals surface area contributed by atoms with Crippen LogP contribution in [0.5, 0.6) is 5.75 Å². The van der Waals surface area contributed by atoms with E-state index in [2.05, 4.69) is 5.32 Å². The lowest BCUT2D eigenvalue weighted by Gasteiger charge is -2.21. The summed E-state index contributed by atoms with van der Waals surface area (Å²) < 4.78 is 13.5. The average Bonchev–Trinajstić information content (AvgIpc) is 2.89. The molecular weight excluding hydrogens is 267 g/mol. The van der Waals surface area contributed by atoms with Gasteiger partial charge < -0.3 is 15.3 Å². The molecule has 0 spiro atoms. The fraction of sp³-hybridized carbons (Fsp3) is 0.294. The highest BCUT2D eigenvalue weighted by Crippen LogP contribution is 2.37. The number of nitrogens with zero attached hydrogens (tertiary/aromatic N) is 1. The van der Waals surface area contributed by atoms with Crippen molar-refractivity contribution in [3.8, 4) is 5.75 Å². The molecule has 0 radical (unpaired) electrons. The molecule has 21 heavy (non-hydrogen) atoms. The summed E-state index contributed by atoms with van der Waals surface area (Å²) in [6, 6.07) is 10.6. The highest BCUT2D eigenvalue weighted by molar-refractivity contribution is 5.71. The van der Waals surface area contributed by atoms with Gasteiger partial charge in [0.2, 0.25) is 0 Å². The van der Waals surface area contributed by atoms with Crippen molar-refractivity contribution in [1.29, 1.82) is 0 Å². The average molecular weight is 286 g/mol. The predicted molar refractivity (Wildman–Crippen MR) is 82.7 cm³/mol. The van der Waals surface area contributed by atoms with Gasteiger partial charge in [0.25, 0.3) is 0 Å². The minimum Gasteiger partial charge on any atom is -0.508 e. The molecule has 3 rings (SSSR count). The standard InChI is InChI=1S/C17H19FN2O/c1-11(19-2)15-6-5-14(10-17(15)21)20-8-7-12-3-4-13(18)9-16(12)20/h3-6,9-11,19,21H,7-8H2,1-2H3. The quantitative estimate of drug-likeness (QED) is 0.906. The molecule has 2 aromatic rings. The molecule has 1 unspecified atom stereocenters. The van der Waals surface area contributed by atoms with Gasteiger partial charge in [0, 0.05) is 35.6 Å². The number of benzene rings is 2. The first-order chi connectivity index (χ1) is 10.1. The Balaban J connectivity index is 1.97. The molecular formula is C17H19FN2O. The second-order valence-electron chi connectivity index (χ2n) is 5.43. The van der Waals surface area contributed by atoms with Crippen LogP contribution in [-0.4, -0.2) is 18.7 Å². The third-order valence-electron chi connectivity index (χ3n) is 4.17. The van der Waals surface area contributed by atoms with E-state index in [-0.39, 0.29) is 17.6 Å². The molecule has 3 nitrogen and oxygen atoms in total. The van der Waals surface area contributed by atoms with E-state index in [9.17, 15) is 9.50 Å². The first kappa shape index (κ1) is 13.9. The molecule has 0 bridgehead atoms. The van der Waals surface area contributed by atoms with Gasteiger partial charge in [0.1, 0.15) is 11.6 Å². The number of nitrogens with one attached hydrogen (secondary N) is 1. The van der Waals surface area contributed by atoms with Gasteiger partial charge in [0.15, 0.2) is 0 Å². The number of anilines is 2. The lowest BCUT2D eigenvalue weighted by molar-refractivity contribution is 0.458.